The average Bonchev–Trinajstić information content (AvgIpc) is 2.78. The molecule has 3 rings (SSSR count). The summed E-state index contributed by atoms with van der Waals surface area (Å²) in [4.78, 5) is 12.6. The molecule has 0 saturated heterocycles. The molecule has 5 heteroatoms. The van der Waals surface area contributed by atoms with Gasteiger partial charge in [-0.05, 0) is 77.6 Å². The van der Waals surface area contributed by atoms with Gasteiger partial charge in [-0.2, -0.15) is 10.1 Å². The minimum atomic E-state index is -0.146. The van der Waals surface area contributed by atoms with Crippen molar-refractivity contribution in [3.8, 4) is 5.75 Å². The molecule has 0 bridgehead atoms. The molecule has 1 amide bonds. The molecule has 0 unspecified atom stereocenters. The molecule has 0 aliphatic carbocycles. The molecule has 0 spiro atoms. The monoisotopic (exact) mass is 404 g/mol. The number of carbonyl (C=O) groups excluding carboxylic acids is 1. The molecule has 22 heavy (non-hydrogen) atoms. The van der Waals surface area contributed by atoms with Crippen LogP contribution in [0, 0.1) is 3.57 Å². The van der Waals surface area contributed by atoms with Gasteiger partial charge in [0, 0.05) is 3.57 Å². The van der Waals surface area contributed by atoms with Gasteiger partial charge < -0.3 is 5.11 Å². The van der Waals surface area contributed by atoms with E-state index in [-0.39, 0.29) is 11.7 Å². The molecule has 2 aromatic carbocycles. The van der Waals surface area contributed by atoms with Crippen molar-refractivity contribution in [2.24, 2.45) is 5.10 Å². The molecule has 4 nitrogen and oxygen atoms in total. The SMILES string of the molecule is CC1=NN(c2ccc(I)cc2)C(=O)/C1=C/c1ccc(O)cc1. The van der Waals surface area contributed by atoms with Crippen LogP contribution >= 0.6 is 22.6 Å². The Labute approximate surface area is 141 Å². The van der Waals surface area contributed by atoms with Gasteiger partial charge in [0.25, 0.3) is 5.91 Å². The molecular formula is C17H13IN2O2. The number of phenols is 1. The van der Waals surface area contributed by atoms with Gasteiger partial charge in [0.05, 0.1) is 17.0 Å². The predicted molar refractivity (Wildman–Crippen MR) is 95.8 cm³/mol. The van der Waals surface area contributed by atoms with Crippen LogP contribution in [-0.2, 0) is 4.79 Å². The van der Waals surface area contributed by atoms with E-state index < -0.39 is 0 Å². The molecule has 0 saturated carbocycles. The quantitative estimate of drug-likeness (QED) is 0.612. The van der Waals surface area contributed by atoms with Crippen molar-refractivity contribution >= 4 is 46.0 Å². The fourth-order valence-corrected chi connectivity index (χ4v) is 2.54. The third kappa shape index (κ3) is 2.89. The maximum absolute atomic E-state index is 12.6. The molecule has 0 fully saturated rings. The lowest BCUT2D eigenvalue weighted by atomic mass is 10.1. The Hall–Kier alpha value is -2.15. The molecule has 0 radical (unpaired) electrons. The summed E-state index contributed by atoms with van der Waals surface area (Å²) >= 11 is 2.22. The lowest BCUT2D eigenvalue weighted by Gasteiger charge is -2.11. The van der Waals surface area contributed by atoms with Crippen molar-refractivity contribution < 1.29 is 9.90 Å². The number of anilines is 1. The van der Waals surface area contributed by atoms with Gasteiger partial charge >= 0.3 is 0 Å². The summed E-state index contributed by atoms with van der Waals surface area (Å²) in [6.07, 6.45) is 1.79. The zero-order valence-corrected chi connectivity index (χ0v) is 14.0. The Morgan fingerprint density at radius 2 is 1.73 bits per heavy atom. The van der Waals surface area contributed by atoms with Crippen molar-refractivity contribution in [1.82, 2.24) is 0 Å². The van der Waals surface area contributed by atoms with Gasteiger partial charge in [0.15, 0.2) is 0 Å². The zero-order valence-electron chi connectivity index (χ0n) is 11.8. The number of hydrogen-bond acceptors (Lipinski definition) is 3. The summed E-state index contributed by atoms with van der Waals surface area (Å²) in [5.74, 6) is 0.0533. The van der Waals surface area contributed by atoms with Crippen LogP contribution in [0.1, 0.15) is 12.5 Å². The smallest absolute Gasteiger partial charge is 0.280 e. The minimum absolute atomic E-state index is 0.146. The van der Waals surface area contributed by atoms with Gasteiger partial charge in [0.2, 0.25) is 0 Å². The lowest BCUT2D eigenvalue weighted by molar-refractivity contribution is -0.114. The Kier molecular flexibility index (Phi) is 3.98. The second kappa shape index (κ2) is 5.92. The van der Waals surface area contributed by atoms with Crippen LogP contribution in [0.2, 0.25) is 0 Å². The fourth-order valence-electron chi connectivity index (χ4n) is 2.18. The van der Waals surface area contributed by atoms with E-state index in [4.69, 9.17) is 0 Å². The van der Waals surface area contributed by atoms with Crippen molar-refractivity contribution in [2.75, 3.05) is 5.01 Å². The highest BCUT2D eigenvalue weighted by Gasteiger charge is 2.28. The van der Waals surface area contributed by atoms with Gasteiger partial charge in [-0.1, -0.05) is 12.1 Å². The number of rotatable bonds is 2. The number of amides is 1. The Morgan fingerprint density at radius 1 is 1.09 bits per heavy atom. The van der Waals surface area contributed by atoms with Gasteiger partial charge in [-0.15, -0.1) is 0 Å². The number of hydrazone groups is 1. The van der Waals surface area contributed by atoms with Crippen LogP contribution < -0.4 is 5.01 Å². The first-order chi connectivity index (χ1) is 10.5. The number of phenolic OH excluding ortho intramolecular Hbond substituents is 1. The highest BCUT2D eigenvalue weighted by molar-refractivity contribution is 14.1. The molecule has 0 aromatic heterocycles. The maximum Gasteiger partial charge on any atom is 0.280 e. The first-order valence-corrected chi connectivity index (χ1v) is 7.79. The van der Waals surface area contributed by atoms with E-state index in [9.17, 15) is 9.90 Å². The summed E-state index contributed by atoms with van der Waals surface area (Å²) in [5.41, 5.74) is 2.83. The first-order valence-electron chi connectivity index (χ1n) is 6.71. The standard InChI is InChI=1S/C17H13IN2O2/c1-11-16(10-12-2-8-15(21)9-3-12)17(22)20(19-11)14-6-4-13(18)5-7-14/h2-10,21H,1H3/b16-10+. The third-order valence-electron chi connectivity index (χ3n) is 3.34. The number of benzene rings is 2. The van der Waals surface area contributed by atoms with E-state index in [1.807, 2.05) is 31.2 Å². The number of carbonyl (C=O) groups is 1. The van der Waals surface area contributed by atoms with E-state index in [0.717, 1.165) is 14.8 Å². The Morgan fingerprint density at radius 3 is 2.36 bits per heavy atom. The molecule has 2 aromatic rings. The molecule has 110 valence electrons. The van der Waals surface area contributed by atoms with Crippen molar-refractivity contribution in [2.45, 2.75) is 6.92 Å². The zero-order chi connectivity index (χ0) is 15.7. The van der Waals surface area contributed by atoms with Crippen LogP contribution in [0.4, 0.5) is 5.69 Å². The summed E-state index contributed by atoms with van der Waals surface area (Å²) in [7, 11) is 0. The minimum Gasteiger partial charge on any atom is -0.508 e. The summed E-state index contributed by atoms with van der Waals surface area (Å²) < 4.78 is 1.11. The summed E-state index contributed by atoms with van der Waals surface area (Å²) in [5, 5.41) is 15.1. The molecule has 1 heterocycles. The maximum atomic E-state index is 12.6. The second-order valence-corrected chi connectivity index (χ2v) is 6.17. The second-order valence-electron chi connectivity index (χ2n) is 4.93. The van der Waals surface area contributed by atoms with Crippen LogP contribution in [0.5, 0.6) is 5.75 Å². The third-order valence-corrected chi connectivity index (χ3v) is 4.06. The summed E-state index contributed by atoms with van der Waals surface area (Å²) in [6.45, 7) is 1.82. The van der Waals surface area contributed by atoms with E-state index in [1.54, 1.807) is 30.3 Å². The van der Waals surface area contributed by atoms with E-state index in [1.165, 1.54) is 5.01 Å². The number of hydrogen-bond donors (Lipinski definition) is 1. The van der Waals surface area contributed by atoms with E-state index in [2.05, 4.69) is 27.7 Å². The van der Waals surface area contributed by atoms with E-state index in [0.29, 0.717) is 11.3 Å². The normalized spacial score (nSPS) is 16.3. The molecule has 0 atom stereocenters. The first kappa shape index (κ1) is 14.8. The van der Waals surface area contributed by atoms with Crippen LogP contribution in [0.25, 0.3) is 6.08 Å². The number of nitrogens with zero attached hydrogens (tertiary/aromatic N) is 2. The van der Waals surface area contributed by atoms with Crippen molar-refractivity contribution in [3.05, 3.63) is 63.2 Å². The lowest BCUT2D eigenvalue weighted by Crippen LogP contribution is -2.21. The van der Waals surface area contributed by atoms with Gasteiger partial charge in [-0.3, -0.25) is 4.79 Å². The van der Waals surface area contributed by atoms with Crippen LogP contribution in [0.3, 0.4) is 0 Å². The number of aromatic hydroxyl groups is 1. The molecule has 1 aliphatic heterocycles. The average molecular weight is 404 g/mol. The highest BCUT2D eigenvalue weighted by atomic mass is 127. The van der Waals surface area contributed by atoms with Crippen LogP contribution in [0.15, 0.2) is 59.2 Å². The fraction of sp³-hybridized carbons (Fsp3) is 0.0588. The largest absolute Gasteiger partial charge is 0.508 e. The number of halogens is 1. The van der Waals surface area contributed by atoms with Crippen molar-refractivity contribution in [3.63, 3.8) is 0 Å². The van der Waals surface area contributed by atoms with Gasteiger partial charge in [0.1, 0.15) is 5.75 Å². The molecule has 1 N–H and O–H groups in total. The van der Waals surface area contributed by atoms with Crippen molar-refractivity contribution in [1.29, 1.82) is 0 Å². The Balaban J connectivity index is 1.92. The summed E-state index contributed by atoms with van der Waals surface area (Å²) in [6, 6.07) is 14.3. The van der Waals surface area contributed by atoms with Crippen LogP contribution in [-0.4, -0.2) is 16.7 Å². The topological polar surface area (TPSA) is 52.9 Å². The molecular weight excluding hydrogens is 391 g/mol. The van der Waals surface area contributed by atoms with Gasteiger partial charge in [-0.25, -0.2) is 0 Å². The van der Waals surface area contributed by atoms with E-state index >= 15 is 0 Å². The molecule has 1 aliphatic rings. The highest BCUT2D eigenvalue weighted by Crippen LogP contribution is 2.25. The predicted octanol–water partition coefficient (Wildman–Crippen LogP) is 3.80. The Bertz CT molecular complexity index is 777.